The number of fused-ring (bicyclic) bond motifs is 1. The summed E-state index contributed by atoms with van der Waals surface area (Å²) in [6, 6.07) is 15.1. The lowest BCUT2D eigenvalue weighted by atomic mass is 10.1. The summed E-state index contributed by atoms with van der Waals surface area (Å²) < 4.78 is 41.3. The molecule has 0 atom stereocenters. The SMILES string of the molecule is I.NC(=NCc1cccc2cccnc12)Nc1ccccc1OC(F)(F)F. The highest BCUT2D eigenvalue weighted by molar-refractivity contribution is 14.0. The van der Waals surface area contributed by atoms with E-state index < -0.39 is 6.36 Å². The Bertz CT molecular complexity index is 942. The maximum atomic E-state index is 12.5. The Morgan fingerprint density at radius 3 is 2.59 bits per heavy atom. The monoisotopic (exact) mass is 488 g/mol. The van der Waals surface area contributed by atoms with Gasteiger partial charge in [-0.2, -0.15) is 0 Å². The highest BCUT2D eigenvalue weighted by Crippen LogP contribution is 2.29. The number of ether oxygens (including phenoxy) is 1. The molecular formula is C18H16F3IN4O. The average Bonchev–Trinajstić information content (AvgIpc) is 2.60. The number of para-hydroxylation sites is 3. The number of benzene rings is 2. The number of aromatic nitrogens is 1. The molecule has 2 aromatic carbocycles. The molecule has 142 valence electrons. The summed E-state index contributed by atoms with van der Waals surface area (Å²) in [4.78, 5) is 8.51. The number of hydrogen-bond donors (Lipinski definition) is 2. The van der Waals surface area contributed by atoms with Gasteiger partial charge in [0, 0.05) is 11.6 Å². The first-order valence-corrected chi connectivity index (χ1v) is 7.67. The zero-order valence-electron chi connectivity index (χ0n) is 13.9. The number of nitrogens with two attached hydrogens (primary N) is 1. The van der Waals surface area contributed by atoms with Gasteiger partial charge in [0.25, 0.3) is 0 Å². The van der Waals surface area contributed by atoms with Crippen molar-refractivity contribution in [1.82, 2.24) is 4.98 Å². The van der Waals surface area contributed by atoms with Gasteiger partial charge in [-0.1, -0.05) is 36.4 Å². The molecule has 0 saturated carbocycles. The van der Waals surface area contributed by atoms with Gasteiger partial charge in [0.05, 0.1) is 17.7 Å². The quantitative estimate of drug-likeness (QED) is 0.318. The Kier molecular flexibility index (Phi) is 6.83. The first-order chi connectivity index (χ1) is 12.4. The van der Waals surface area contributed by atoms with Crippen LogP contribution in [0.1, 0.15) is 5.56 Å². The number of nitrogens with zero attached hydrogens (tertiary/aromatic N) is 2. The molecule has 9 heteroatoms. The fourth-order valence-corrected chi connectivity index (χ4v) is 2.43. The minimum atomic E-state index is -4.79. The number of rotatable bonds is 4. The van der Waals surface area contributed by atoms with Crippen LogP contribution in [0.3, 0.4) is 0 Å². The number of nitrogens with one attached hydrogen (secondary N) is 1. The number of guanidine groups is 1. The van der Waals surface area contributed by atoms with Crippen LogP contribution >= 0.6 is 24.0 Å². The molecule has 0 radical (unpaired) electrons. The number of anilines is 1. The molecule has 0 unspecified atom stereocenters. The molecule has 3 rings (SSSR count). The van der Waals surface area contributed by atoms with Crippen molar-refractivity contribution in [1.29, 1.82) is 0 Å². The molecule has 0 fully saturated rings. The molecule has 3 aromatic rings. The summed E-state index contributed by atoms with van der Waals surface area (Å²) in [5.41, 5.74) is 7.54. The first kappa shape index (κ1) is 20.7. The van der Waals surface area contributed by atoms with Gasteiger partial charge in [-0.05, 0) is 23.8 Å². The third-order valence-electron chi connectivity index (χ3n) is 3.51. The largest absolute Gasteiger partial charge is 0.573 e. The highest BCUT2D eigenvalue weighted by atomic mass is 127. The van der Waals surface area contributed by atoms with Gasteiger partial charge >= 0.3 is 6.36 Å². The van der Waals surface area contributed by atoms with Gasteiger partial charge in [-0.15, -0.1) is 37.1 Å². The number of hydrogen-bond acceptors (Lipinski definition) is 3. The van der Waals surface area contributed by atoms with Gasteiger partial charge in [-0.3, -0.25) is 4.98 Å². The van der Waals surface area contributed by atoms with Crippen molar-refractivity contribution in [2.75, 3.05) is 5.32 Å². The van der Waals surface area contributed by atoms with Gasteiger partial charge in [0.1, 0.15) is 0 Å². The Labute approximate surface area is 170 Å². The van der Waals surface area contributed by atoms with Crippen molar-refractivity contribution in [2.24, 2.45) is 10.7 Å². The molecule has 0 spiro atoms. The number of pyridine rings is 1. The fourth-order valence-electron chi connectivity index (χ4n) is 2.43. The second-order valence-electron chi connectivity index (χ2n) is 5.36. The van der Waals surface area contributed by atoms with Crippen molar-refractivity contribution >= 4 is 46.5 Å². The summed E-state index contributed by atoms with van der Waals surface area (Å²) >= 11 is 0. The van der Waals surface area contributed by atoms with Gasteiger partial charge < -0.3 is 15.8 Å². The number of alkyl halides is 3. The van der Waals surface area contributed by atoms with Crippen molar-refractivity contribution in [2.45, 2.75) is 12.9 Å². The molecule has 0 aliphatic rings. The van der Waals surface area contributed by atoms with E-state index in [0.29, 0.717) is 0 Å². The molecule has 0 bridgehead atoms. The van der Waals surface area contributed by atoms with Gasteiger partial charge in [0.15, 0.2) is 11.7 Å². The van der Waals surface area contributed by atoms with Crippen molar-refractivity contribution < 1.29 is 17.9 Å². The maximum absolute atomic E-state index is 12.5. The number of halogens is 4. The topological polar surface area (TPSA) is 72.5 Å². The average molecular weight is 488 g/mol. The van der Waals surface area contributed by atoms with Crippen molar-refractivity contribution in [3.8, 4) is 5.75 Å². The van der Waals surface area contributed by atoms with Crippen LogP contribution in [0.25, 0.3) is 10.9 Å². The molecule has 0 saturated heterocycles. The molecule has 0 aliphatic heterocycles. The molecule has 1 aromatic heterocycles. The van der Waals surface area contributed by atoms with Gasteiger partial charge in [-0.25, -0.2) is 4.99 Å². The second kappa shape index (κ2) is 8.89. The minimum Gasteiger partial charge on any atom is -0.404 e. The van der Waals surface area contributed by atoms with Gasteiger partial charge in [0.2, 0.25) is 0 Å². The summed E-state index contributed by atoms with van der Waals surface area (Å²) in [5, 5.41) is 3.60. The summed E-state index contributed by atoms with van der Waals surface area (Å²) in [7, 11) is 0. The zero-order valence-corrected chi connectivity index (χ0v) is 16.2. The Hall–Kier alpha value is -2.56. The highest BCUT2D eigenvalue weighted by Gasteiger charge is 2.32. The smallest absolute Gasteiger partial charge is 0.404 e. The first-order valence-electron chi connectivity index (χ1n) is 7.67. The maximum Gasteiger partial charge on any atom is 0.573 e. The van der Waals surface area contributed by atoms with Crippen LogP contribution < -0.4 is 15.8 Å². The second-order valence-corrected chi connectivity index (χ2v) is 5.36. The van der Waals surface area contributed by atoms with Crippen LogP contribution in [-0.2, 0) is 6.54 Å². The van der Waals surface area contributed by atoms with E-state index in [2.05, 4.69) is 20.0 Å². The Morgan fingerprint density at radius 1 is 1.07 bits per heavy atom. The zero-order chi connectivity index (χ0) is 18.6. The molecule has 3 N–H and O–H groups in total. The normalized spacial score (nSPS) is 11.7. The lowest BCUT2D eigenvalue weighted by Crippen LogP contribution is -2.24. The van der Waals surface area contributed by atoms with Crippen LogP contribution in [0.2, 0.25) is 0 Å². The van der Waals surface area contributed by atoms with E-state index in [4.69, 9.17) is 5.73 Å². The summed E-state index contributed by atoms with van der Waals surface area (Å²) in [6.07, 6.45) is -3.11. The molecular weight excluding hydrogens is 472 g/mol. The van der Waals surface area contributed by atoms with Crippen molar-refractivity contribution in [3.63, 3.8) is 0 Å². The van der Waals surface area contributed by atoms with Crippen LogP contribution in [0, 0.1) is 0 Å². The number of aliphatic imine (C=N–C) groups is 1. The van der Waals surface area contributed by atoms with E-state index in [9.17, 15) is 13.2 Å². The Balaban J connectivity index is 0.00000261. The fraction of sp³-hybridized carbons (Fsp3) is 0.111. The van der Waals surface area contributed by atoms with Crippen LogP contribution in [0.15, 0.2) is 65.8 Å². The molecule has 0 aliphatic carbocycles. The van der Waals surface area contributed by atoms with Crippen LogP contribution in [-0.4, -0.2) is 17.3 Å². The van der Waals surface area contributed by atoms with Crippen LogP contribution in [0.5, 0.6) is 5.75 Å². The van der Waals surface area contributed by atoms with E-state index in [1.165, 1.54) is 18.2 Å². The summed E-state index contributed by atoms with van der Waals surface area (Å²) in [6.45, 7) is 0.232. The molecule has 27 heavy (non-hydrogen) atoms. The van der Waals surface area contributed by atoms with Crippen molar-refractivity contribution in [3.05, 3.63) is 66.4 Å². The molecule has 5 nitrogen and oxygen atoms in total. The van der Waals surface area contributed by atoms with E-state index in [1.54, 1.807) is 12.3 Å². The van der Waals surface area contributed by atoms with E-state index in [1.807, 2.05) is 30.3 Å². The lowest BCUT2D eigenvalue weighted by Gasteiger charge is -2.14. The third kappa shape index (κ3) is 5.71. The Morgan fingerprint density at radius 2 is 1.81 bits per heavy atom. The molecule has 1 heterocycles. The van der Waals surface area contributed by atoms with E-state index in [0.717, 1.165) is 16.5 Å². The third-order valence-corrected chi connectivity index (χ3v) is 3.51. The lowest BCUT2D eigenvalue weighted by molar-refractivity contribution is -0.274. The summed E-state index contributed by atoms with van der Waals surface area (Å²) in [5.74, 6) is -0.416. The molecule has 0 amide bonds. The predicted octanol–water partition coefficient (Wildman–Crippen LogP) is 4.68. The predicted molar refractivity (Wildman–Crippen MR) is 109 cm³/mol. The standard InChI is InChI=1S/C18H15F3N4O.HI/c19-18(20,21)26-15-9-2-1-8-14(15)25-17(22)24-11-13-6-3-5-12-7-4-10-23-16(12)13;/h1-10H,11H2,(H3,22,24,25);1H. The minimum absolute atomic E-state index is 0. The van der Waals surface area contributed by atoms with Crippen LogP contribution in [0.4, 0.5) is 18.9 Å². The van der Waals surface area contributed by atoms with E-state index >= 15 is 0 Å². The van der Waals surface area contributed by atoms with E-state index in [-0.39, 0.29) is 47.9 Å².